The summed E-state index contributed by atoms with van der Waals surface area (Å²) in [6.07, 6.45) is 0.931. The van der Waals surface area contributed by atoms with Crippen molar-refractivity contribution in [1.82, 2.24) is 0 Å². The average Bonchev–Trinajstić information content (AvgIpc) is 2.53. The number of halogens is 4. The highest BCUT2D eigenvalue weighted by atomic mass is 35.5. The van der Waals surface area contributed by atoms with E-state index in [1.54, 1.807) is 23.1 Å². The predicted molar refractivity (Wildman–Crippen MR) is 94.1 cm³/mol. The van der Waals surface area contributed by atoms with E-state index < -0.39 is 11.6 Å². The Kier molecular flexibility index (Phi) is 5.33. The summed E-state index contributed by atoms with van der Waals surface area (Å²) in [5.74, 6) is -1.28. The number of benzene rings is 2. The highest BCUT2D eigenvalue weighted by Crippen LogP contribution is 2.38. The number of carbonyl (C=O) groups is 1. The molecule has 1 heterocycles. The van der Waals surface area contributed by atoms with Crippen LogP contribution in [0.15, 0.2) is 41.3 Å². The molecule has 0 N–H and O–H groups in total. The maximum absolute atomic E-state index is 13.8. The fourth-order valence-corrected chi connectivity index (χ4v) is 4.36. The molecule has 1 atom stereocenters. The van der Waals surface area contributed by atoms with Crippen molar-refractivity contribution in [2.24, 2.45) is 0 Å². The van der Waals surface area contributed by atoms with E-state index in [9.17, 15) is 13.6 Å². The lowest BCUT2D eigenvalue weighted by atomic mass is 10.1. The Bertz CT molecular complexity index is 767. The largest absolute Gasteiger partial charge is 0.308 e. The molecule has 0 aromatic heterocycles. The van der Waals surface area contributed by atoms with E-state index in [1.807, 2.05) is 0 Å². The van der Waals surface area contributed by atoms with Gasteiger partial charge < -0.3 is 4.90 Å². The summed E-state index contributed by atoms with van der Waals surface area (Å²) >= 11 is 13.7. The highest BCUT2D eigenvalue weighted by molar-refractivity contribution is 8.00. The molecule has 2 aromatic carbocycles. The van der Waals surface area contributed by atoms with Crippen molar-refractivity contribution in [3.63, 3.8) is 0 Å². The van der Waals surface area contributed by atoms with Crippen molar-refractivity contribution in [1.29, 1.82) is 0 Å². The summed E-state index contributed by atoms with van der Waals surface area (Å²) in [7, 11) is 0. The van der Waals surface area contributed by atoms with E-state index in [0.29, 0.717) is 40.0 Å². The Balaban J connectivity index is 1.82. The number of piperidine rings is 1. The second kappa shape index (κ2) is 7.30. The predicted octanol–water partition coefficient (Wildman–Crippen LogP) is 5.56. The van der Waals surface area contributed by atoms with Gasteiger partial charge in [0.25, 0.3) is 0 Å². The Hall–Kier alpha value is -1.30. The third-order valence-electron chi connectivity index (χ3n) is 3.76. The second-order valence-corrected chi connectivity index (χ2v) is 7.58. The zero-order valence-corrected chi connectivity index (χ0v) is 14.8. The number of nitrogens with zero attached hydrogens (tertiary/aromatic N) is 1. The van der Waals surface area contributed by atoms with Gasteiger partial charge in [0.05, 0.1) is 15.7 Å². The molecule has 126 valence electrons. The minimum atomic E-state index is -0.611. The van der Waals surface area contributed by atoms with Crippen LogP contribution in [0.5, 0.6) is 0 Å². The van der Waals surface area contributed by atoms with Crippen molar-refractivity contribution >= 4 is 46.6 Å². The number of hydrogen-bond acceptors (Lipinski definition) is 2. The Morgan fingerprint density at radius 2 is 1.83 bits per heavy atom. The molecule has 0 spiro atoms. The number of carbonyl (C=O) groups excluding carboxylic acids is 1. The lowest BCUT2D eigenvalue weighted by molar-refractivity contribution is -0.119. The Morgan fingerprint density at radius 1 is 1.12 bits per heavy atom. The molecule has 1 saturated heterocycles. The molecule has 0 radical (unpaired) electrons. The topological polar surface area (TPSA) is 20.3 Å². The number of thioether (sulfide) groups is 1. The minimum Gasteiger partial charge on any atom is -0.308 e. The van der Waals surface area contributed by atoms with Crippen LogP contribution in [0.4, 0.5) is 14.5 Å². The molecule has 0 saturated carbocycles. The summed E-state index contributed by atoms with van der Waals surface area (Å²) < 4.78 is 26.9. The van der Waals surface area contributed by atoms with Crippen LogP contribution in [0.25, 0.3) is 0 Å². The molecule has 0 bridgehead atoms. The van der Waals surface area contributed by atoms with E-state index in [2.05, 4.69) is 0 Å². The molecular formula is C17H13Cl2F2NOS. The van der Waals surface area contributed by atoms with Gasteiger partial charge >= 0.3 is 0 Å². The van der Waals surface area contributed by atoms with Crippen LogP contribution in [0.1, 0.15) is 12.8 Å². The molecule has 2 aromatic rings. The zero-order valence-electron chi connectivity index (χ0n) is 12.4. The van der Waals surface area contributed by atoms with Crippen LogP contribution in [-0.2, 0) is 4.79 Å². The summed E-state index contributed by atoms with van der Waals surface area (Å²) in [4.78, 5) is 14.2. The first-order valence-electron chi connectivity index (χ1n) is 7.32. The number of rotatable bonds is 3. The molecule has 1 unspecified atom stereocenters. The smallest absolute Gasteiger partial charge is 0.227 e. The molecule has 1 fully saturated rings. The summed E-state index contributed by atoms with van der Waals surface area (Å²) in [5.41, 5.74) is 0.482. The van der Waals surface area contributed by atoms with Gasteiger partial charge in [0.1, 0.15) is 11.6 Å². The molecule has 0 aliphatic carbocycles. The number of amides is 1. The fraction of sp³-hybridized carbons (Fsp3) is 0.235. The molecule has 24 heavy (non-hydrogen) atoms. The van der Waals surface area contributed by atoms with Crippen LogP contribution in [0.3, 0.4) is 0 Å². The average molecular weight is 388 g/mol. The highest BCUT2D eigenvalue weighted by Gasteiger charge is 2.30. The first kappa shape index (κ1) is 17.5. The molecule has 1 aliphatic heterocycles. The molecule has 1 amide bonds. The molecule has 2 nitrogen and oxygen atoms in total. The number of hydrogen-bond donors (Lipinski definition) is 0. The van der Waals surface area contributed by atoms with E-state index in [-0.39, 0.29) is 11.2 Å². The summed E-state index contributed by atoms with van der Waals surface area (Å²) in [5, 5.41) is 0.763. The third-order valence-corrected chi connectivity index (χ3v) is 5.68. The zero-order chi connectivity index (χ0) is 17.3. The Morgan fingerprint density at radius 3 is 2.50 bits per heavy atom. The van der Waals surface area contributed by atoms with Gasteiger partial charge in [-0.1, -0.05) is 29.3 Å². The van der Waals surface area contributed by atoms with Gasteiger partial charge in [0.2, 0.25) is 5.91 Å². The minimum absolute atomic E-state index is 0.0324. The first-order chi connectivity index (χ1) is 11.5. The van der Waals surface area contributed by atoms with Gasteiger partial charge in [-0.2, -0.15) is 0 Å². The maximum Gasteiger partial charge on any atom is 0.227 e. The molecule has 7 heteroatoms. The van der Waals surface area contributed by atoms with E-state index in [1.165, 1.54) is 23.9 Å². The fourth-order valence-electron chi connectivity index (χ4n) is 2.63. The lowest BCUT2D eigenvalue weighted by Crippen LogP contribution is -2.41. The van der Waals surface area contributed by atoms with Gasteiger partial charge in [0, 0.05) is 29.2 Å². The monoisotopic (exact) mass is 387 g/mol. The van der Waals surface area contributed by atoms with Gasteiger partial charge in [-0.3, -0.25) is 4.79 Å². The standard InChI is InChI=1S/C17H13Cl2F2NOS/c18-12-2-1-3-13(19)17(12)22-9-11(5-7-16(22)23)24-15-6-4-10(20)8-14(15)21/h1-4,6,8,11H,5,7,9H2. The SMILES string of the molecule is O=C1CCC(Sc2ccc(F)cc2F)CN1c1c(Cl)cccc1Cl. The summed E-state index contributed by atoms with van der Waals surface area (Å²) in [6, 6.07) is 8.56. The van der Waals surface area contributed by atoms with Crippen molar-refractivity contribution in [2.45, 2.75) is 23.0 Å². The normalized spacial score (nSPS) is 18.1. The third kappa shape index (κ3) is 3.68. The lowest BCUT2D eigenvalue weighted by Gasteiger charge is -2.33. The van der Waals surface area contributed by atoms with Crippen LogP contribution < -0.4 is 4.90 Å². The molecule has 3 rings (SSSR count). The van der Waals surface area contributed by atoms with Crippen LogP contribution in [-0.4, -0.2) is 17.7 Å². The Labute approximate surface area is 152 Å². The number of anilines is 1. The quantitative estimate of drug-likeness (QED) is 0.686. The van der Waals surface area contributed by atoms with Crippen LogP contribution in [0, 0.1) is 11.6 Å². The maximum atomic E-state index is 13.8. The summed E-state index contributed by atoms with van der Waals surface area (Å²) in [6.45, 7) is 0.365. The van der Waals surface area contributed by atoms with Gasteiger partial charge in [0.15, 0.2) is 0 Å². The van der Waals surface area contributed by atoms with Crippen molar-refractivity contribution in [3.05, 3.63) is 58.1 Å². The van der Waals surface area contributed by atoms with Crippen molar-refractivity contribution in [3.8, 4) is 0 Å². The van der Waals surface area contributed by atoms with Gasteiger partial charge in [-0.15, -0.1) is 11.8 Å². The van der Waals surface area contributed by atoms with E-state index in [0.717, 1.165) is 6.07 Å². The van der Waals surface area contributed by atoms with Gasteiger partial charge in [-0.25, -0.2) is 8.78 Å². The van der Waals surface area contributed by atoms with E-state index >= 15 is 0 Å². The van der Waals surface area contributed by atoms with E-state index in [4.69, 9.17) is 23.2 Å². The number of para-hydroxylation sites is 1. The molecular weight excluding hydrogens is 375 g/mol. The van der Waals surface area contributed by atoms with Crippen molar-refractivity contribution < 1.29 is 13.6 Å². The van der Waals surface area contributed by atoms with Crippen LogP contribution >= 0.6 is 35.0 Å². The van der Waals surface area contributed by atoms with Crippen LogP contribution in [0.2, 0.25) is 10.0 Å². The second-order valence-electron chi connectivity index (χ2n) is 5.43. The van der Waals surface area contributed by atoms with Crippen molar-refractivity contribution in [2.75, 3.05) is 11.4 Å². The van der Waals surface area contributed by atoms with Gasteiger partial charge in [-0.05, 0) is 30.7 Å². The molecule has 1 aliphatic rings. The first-order valence-corrected chi connectivity index (χ1v) is 8.95.